The smallest absolute Gasteiger partial charge is 0.263 e. The molecule has 4 nitrogen and oxygen atoms in total. The van der Waals surface area contributed by atoms with Gasteiger partial charge in [-0.05, 0) is 59.1 Å². The summed E-state index contributed by atoms with van der Waals surface area (Å²) in [6.45, 7) is 5.20. The lowest BCUT2D eigenvalue weighted by atomic mass is 10.3. The maximum atomic E-state index is 12.7. The number of thiophene rings is 1. The minimum absolute atomic E-state index is 0.396. The molecule has 2 N–H and O–H groups in total. The summed E-state index contributed by atoms with van der Waals surface area (Å²) in [5.74, 6) is 0. The summed E-state index contributed by atoms with van der Waals surface area (Å²) >= 11 is 3.60. The van der Waals surface area contributed by atoms with Gasteiger partial charge in [0.15, 0.2) is 0 Å². The molecule has 0 atom stereocenters. The van der Waals surface area contributed by atoms with Gasteiger partial charge in [-0.15, -0.1) is 11.3 Å². The van der Waals surface area contributed by atoms with E-state index in [1.807, 2.05) is 37.4 Å². The summed E-state index contributed by atoms with van der Waals surface area (Å²) < 4.78 is 28.9. The SMILES string of the molecule is CCNCc1scc(C)c1S(=O)(=O)Nc1ccccc1I. The monoisotopic (exact) mass is 436 g/mol. The van der Waals surface area contributed by atoms with Gasteiger partial charge in [0.05, 0.1) is 5.69 Å². The average Bonchev–Trinajstić information content (AvgIpc) is 2.81. The number of para-hydroxylation sites is 1. The van der Waals surface area contributed by atoms with Crippen molar-refractivity contribution in [1.82, 2.24) is 5.32 Å². The molecule has 0 aliphatic rings. The molecule has 0 spiro atoms. The highest BCUT2D eigenvalue weighted by Crippen LogP contribution is 2.29. The molecule has 0 saturated heterocycles. The minimum Gasteiger partial charge on any atom is -0.312 e. The van der Waals surface area contributed by atoms with Crippen LogP contribution in [-0.2, 0) is 16.6 Å². The van der Waals surface area contributed by atoms with E-state index in [9.17, 15) is 8.42 Å². The van der Waals surface area contributed by atoms with E-state index >= 15 is 0 Å². The van der Waals surface area contributed by atoms with Crippen molar-refractivity contribution < 1.29 is 8.42 Å². The third-order valence-electron chi connectivity index (χ3n) is 2.91. The Morgan fingerprint density at radius 1 is 1.29 bits per heavy atom. The molecule has 0 aliphatic heterocycles. The Labute approximate surface area is 143 Å². The second-order valence-electron chi connectivity index (χ2n) is 4.54. The van der Waals surface area contributed by atoms with Gasteiger partial charge in [-0.25, -0.2) is 8.42 Å². The van der Waals surface area contributed by atoms with Crippen molar-refractivity contribution in [2.75, 3.05) is 11.3 Å². The second kappa shape index (κ2) is 7.08. The van der Waals surface area contributed by atoms with Crippen LogP contribution in [0.3, 0.4) is 0 Å². The predicted molar refractivity (Wildman–Crippen MR) is 96.4 cm³/mol. The fourth-order valence-electron chi connectivity index (χ4n) is 1.95. The Kier molecular flexibility index (Phi) is 5.64. The van der Waals surface area contributed by atoms with E-state index in [4.69, 9.17) is 0 Å². The van der Waals surface area contributed by atoms with Gasteiger partial charge in [0.1, 0.15) is 4.90 Å². The molecule has 0 radical (unpaired) electrons. The van der Waals surface area contributed by atoms with E-state index in [2.05, 4.69) is 32.6 Å². The van der Waals surface area contributed by atoms with Crippen LogP contribution < -0.4 is 10.0 Å². The summed E-state index contributed by atoms with van der Waals surface area (Å²) in [6, 6.07) is 7.34. The largest absolute Gasteiger partial charge is 0.312 e. The number of aryl methyl sites for hydroxylation is 1. The molecule has 21 heavy (non-hydrogen) atoms. The van der Waals surface area contributed by atoms with E-state index in [0.717, 1.165) is 20.6 Å². The van der Waals surface area contributed by atoms with Gasteiger partial charge in [-0.3, -0.25) is 4.72 Å². The highest BCUT2D eigenvalue weighted by atomic mass is 127. The Morgan fingerprint density at radius 3 is 2.67 bits per heavy atom. The maximum absolute atomic E-state index is 12.7. The number of nitrogens with one attached hydrogen (secondary N) is 2. The first-order valence-corrected chi connectivity index (χ1v) is 9.95. The molecular weight excluding hydrogens is 419 g/mol. The van der Waals surface area contributed by atoms with Crippen LogP contribution in [-0.4, -0.2) is 15.0 Å². The van der Waals surface area contributed by atoms with Crippen molar-refractivity contribution >= 4 is 49.6 Å². The van der Waals surface area contributed by atoms with Gasteiger partial charge in [-0.2, -0.15) is 0 Å². The summed E-state index contributed by atoms with van der Waals surface area (Å²) in [7, 11) is -3.57. The molecule has 1 heterocycles. The van der Waals surface area contributed by atoms with Crippen molar-refractivity contribution in [3.63, 3.8) is 0 Å². The fourth-order valence-corrected chi connectivity index (χ4v) is 5.52. The Morgan fingerprint density at radius 2 is 2.00 bits per heavy atom. The molecule has 0 saturated carbocycles. The summed E-state index contributed by atoms with van der Waals surface area (Å²) in [6.07, 6.45) is 0. The van der Waals surface area contributed by atoms with Gasteiger partial charge in [0, 0.05) is 15.0 Å². The van der Waals surface area contributed by atoms with Crippen LogP contribution in [0.25, 0.3) is 0 Å². The topological polar surface area (TPSA) is 58.2 Å². The lowest BCUT2D eigenvalue weighted by molar-refractivity contribution is 0.599. The van der Waals surface area contributed by atoms with E-state index in [-0.39, 0.29) is 0 Å². The highest BCUT2D eigenvalue weighted by Gasteiger charge is 2.23. The molecule has 1 aromatic carbocycles. The Bertz CT molecular complexity index is 726. The van der Waals surface area contributed by atoms with Crippen LogP contribution >= 0.6 is 33.9 Å². The molecule has 2 rings (SSSR count). The van der Waals surface area contributed by atoms with E-state index in [0.29, 0.717) is 17.1 Å². The zero-order chi connectivity index (χ0) is 15.5. The van der Waals surface area contributed by atoms with Crippen LogP contribution in [0.4, 0.5) is 5.69 Å². The third kappa shape index (κ3) is 3.97. The minimum atomic E-state index is -3.57. The van der Waals surface area contributed by atoms with Crippen LogP contribution in [0.1, 0.15) is 17.4 Å². The van der Waals surface area contributed by atoms with Crippen LogP contribution in [0.2, 0.25) is 0 Å². The van der Waals surface area contributed by atoms with Crippen molar-refractivity contribution in [2.45, 2.75) is 25.3 Å². The van der Waals surface area contributed by atoms with Gasteiger partial charge >= 0.3 is 0 Å². The number of benzene rings is 1. The van der Waals surface area contributed by atoms with E-state index < -0.39 is 10.0 Å². The lowest BCUT2D eigenvalue weighted by Crippen LogP contribution is -2.18. The molecule has 1 aromatic heterocycles. The Balaban J connectivity index is 2.36. The normalized spacial score (nSPS) is 11.6. The van der Waals surface area contributed by atoms with Crippen molar-refractivity contribution in [2.24, 2.45) is 0 Å². The first-order chi connectivity index (χ1) is 9.95. The van der Waals surface area contributed by atoms with E-state index in [1.165, 1.54) is 11.3 Å². The molecule has 0 bridgehead atoms. The van der Waals surface area contributed by atoms with E-state index in [1.54, 1.807) is 6.07 Å². The molecular formula is C14H17IN2O2S2. The first-order valence-electron chi connectivity index (χ1n) is 6.50. The highest BCUT2D eigenvalue weighted by molar-refractivity contribution is 14.1. The van der Waals surface area contributed by atoms with Gasteiger partial charge < -0.3 is 5.32 Å². The number of halogens is 1. The van der Waals surface area contributed by atoms with Gasteiger partial charge in [0.2, 0.25) is 0 Å². The quantitative estimate of drug-likeness (QED) is 0.681. The molecule has 7 heteroatoms. The number of hydrogen-bond donors (Lipinski definition) is 2. The Hall–Kier alpha value is -0.640. The lowest BCUT2D eigenvalue weighted by Gasteiger charge is -2.11. The average molecular weight is 436 g/mol. The zero-order valence-corrected chi connectivity index (χ0v) is 15.6. The predicted octanol–water partition coefficient (Wildman–Crippen LogP) is 3.57. The van der Waals surface area contributed by atoms with Crippen LogP contribution in [0.15, 0.2) is 34.5 Å². The number of sulfonamides is 1. The summed E-state index contributed by atoms with van der Waals surface area (Å²) in [5, 5.41) is 5.07. The molecule has 0 amide bonds. The maximum Gasteiger partial charge on any atom is 0.263 e. The molecule has 2 aromatic rings. The molecule has 0 aliphatic carbocycles. The van der Waals surface area contributed by atoms with Gasteiger partial charge in [-0.1, -0.05) is 19.1 Å². The van der Waals surface area contributed by atoms with Crippen molar-refractivity contribution in [1.29, 1.82) is 0 Å². The van der Waals surface area contributed by atoms with Crippen LogP contribution in [0, 0.1) is 10.5 Å². The number of anilines is 1. The second-order valence-corrected chi connectivity index (χ2v) is 8.28. The molecule has 114 valence electrons. The van der Waals surface area contributed by atoms with Crippen LogP contribution in [0.5, 0.6) is 0 Å². The zero-order valence-electron chi connectivity index (χ0n) is 11.8. The van der Waals surface area contributed by atoms with Crippen molar-refractivity contribution in [3.8, 4) is 0 Å². The standard InChI is InChI=1S/C14H17IN2O2S2/c1-3-16-8-13-14(10(2)9-20-13)21(18,19)17-12-7-5-4-6-11(12)15/h4-7,9,16-17H,3,8H2,1-2H3. The summed E-state index contributed by atoms with van der Waals surface area (Å²) in [5.41, 5.74) is 1.39. The first kappa shape index (κ1) is 16.7. The fraction of sp³-hybridized carbons (Fsp3) is 0.286. The summed E-state index contributed by atoms with van der Waals surface area (Å²) in [4.78, 5) is 1.24. The molecule has 0 unspecified atom stereocenters. The number of rotatable bonds is 6. The van der Waals surface area contributed by atoms with Crippen molar-refractivity contribution in [3.05, 3.63) is 43.7 Å². The number of hydrogen-bond acceptors (Lipinski definition) is 4. The third-order valence-corrected chi connectivity index (χ3v) is 6.68. The van der Waals surface area contributed by atoms with Gasteiger partial charge in [0.25, 0.3) is 10.0 Å². The molecule has 0 fully saturated rings.